The first-order chi connectivity index (χ1) is 7.59. The molecular formula is C10H13ClN2O3. The van der Waals surface area contributed by atoms with E-state index in [1.54, 1.807) is 7.05 Å². The fourth-order valence-electron chi connectivity index (χ4n) is 1.80. The van der Waals surface area contributed by atoms with Crippen LogP contribution in [0.5, 0.6) is 0 Å². The zero-order valence-corrected chi connectivity index (χ0v) is 9.57. The lowest BCUT2D eigenvalue weighted by molar-refractivity contribution is 0.0553. The third kappa shape index (κ3) is 2.07. The number of amides is 1. The van der Waals surface area contributed by atoms with E-state index in [0.717, 1.165) is 0 Å². The zero-order chi connectivity index (χ0) is 11.7. The Morgan fingerprint density at radius 3 is 2.88 bits per heavy atom. The van der Waals surface area contributed by atoms with Gasteiger partial charge in [0.05, 0.1) is 12.1 Å². The van der Waals surface area contributed by atoms with Gasteiger partial charge in [0.15, 0.2) is 11.0 Å². The van der Waals surface area contributed by atoms with Gasteiger partial charge in [-0.15, -0.1) is 0 Å². The van der Waals surface area contributed by atoms with E-state index in [0.29, 0.717) is 13.1 Å². The molecule has 0 unspecified atom stereocenters. The van der Waals surface area contributed by atoms with E-state index in [4.69, 9.17) is 16.0 Å². The van der Waals surface area contributed by atoms with Crippen LogP contribution in [0.3, 0.4) is 0 Å². The number of carbonyl (C=O) groups is 1. The highest BCUT2D eigenvalue weighted by atomic mass is 35.5. The van der Waals surface area contributed by atoms with E-state index in [1.807, 2.05) is 0 Å². The van der Waals surface area contributed by atoms with Gasteiger partial charge in [-0.1, -0.05) is 0 Å². The maximum absolute atomic E-state index is 11.9. The van der Waals surface area contributed by atoms with E-state index < -0.39 is 6.10 Å². The first-order valence-electron chi connectivity index (χ1n) is 5.01. The van der Waals surface area contributed by atoms with Crippen molar-refractivity contribution < 1.29 is 14.3 Å². The minimum atomic E-state index is -0.542. The molecule has 6 heteroatoms. The Morgan fingerprint density at radius 2 is 2.38 bits per heavy atom. The van der Waals surface area contributed by atoms with Gasteiger partial charge in [-0.3, -0.25) is 4.79 Å². The second kappa shape index (κ2) is 4.45. The van der Waals surface area contributed by atoms with Gasteiger partial charge >= 0.3 is 0 Å². The standard InChI is InChI=1S/C10H13ClN2O3/c1-13(6-4-12-5-7(6)14)10(15)8-2-3-9(11)16-8/h2-3,6-7,12,14H,4-5H2,1H3/t6-,7-/m0/s1. The van der Waals surface area contributed by atoms with Gasteiger partial charge in [0.2, 0.25) is 0 Å². The summed E-state index contributed by atoms with van der Waals surface area (Å²) < 4.78 is 5.03. The van der Waals surface area contributed by atoms with Crippen LogP contribution >= 0.6 is 11.6 Å². The van der Waals surface area contributed by atoms with Crippen LogP contribution in [0.25, 0.3) is 0 Å². The van der Waals surface area contributed by atoms with Gasteiger partial charge in [0.1, 0.15) is 0 Å². The third-order valence-corrected chi connectivity index (χ3v) is 2.96. The number of nitrogens with zero attached hydrogens (tertiary/aromatic N) is 1. The topological polar surface area (TPSA) is 65.7 Å². The molecule has 1 aromatic rings. The third-order valence-electron chi connectivity index (χ3n) is 2.75. The lowest BCUT2D eigenvalue weighted by Gasteiger charge is -2.25. The van der Waals surface area contributed by atoms with Crippen LogP contribution in [0.1, 0.15) is 10.6 Å². The molecule has 2 N–H and O–H groups in total. The van der Waals surface area contributed by atoms with Crippen molar-refractivity contribution in [2.24, 2.45) is 0 Å². The second-order valence-corrected chi connectivity index (χ2v) is 4.19. The summed E-state index contributed by atoms with van der Waals surface area (Å²) in [5.74, 6) is -0.0914. The molecule has 0 bridgehead atoms. The van der Waals surface area contributed by atoms with Crippen molar-refractivity contribution in [3.8, 4) is 0 Å². The van der Waals surface area contributed by atoms with Gasteiger partial charge in [0.25, 0.3) is 5.91 Å². The van der Waals surface area contributed by atoms with E-state index in [-0.39, 0.29) is 22.9 Å². The molecule has 5 nitrogen and oxygen atoms in total. The first-order valence-corrected chi connectivity index (χ1v) is 5.38. The maximum Gasteiger partial charge on any atom is 0.289 e. The number of furan rings is 1. The number of rotatable bonds is 2. The van der Waals surface area contributed by atoms with E-state index in [2.05, 4.69) is 5.32 Å². The molecule has 0 saturated carbocycles. The summed E-state index contributed by atoms with van der Waals surface area (Å²) in [4.78, 5) is 13.4. The number of nitrogens with one attached hydrogen (secondary N) is 1. The van der Waals surface area contributed by atoms with Crippen LogP contribution < -0.4 is 5.32 Å². The number of β-amino-alcohol motifs (C(OH)–C–C–N with tert-alkyl or cyclic N) is 1. The fourth-order valence-corrected chi connectivity index (χ4v) is 1.95. The van der Waals surface area contributed by atoms with Crippen molar-refractivity contribution in [2.75, 3.05) is 20.1 Å². The normalized spacial score (nSPS) is 24.7. The average molecular weight is 245 g/mol. The summed E-state index contributed by atoms with van der Waals surface area (Å²) in [6, 6.07) is 2.82. The van der Waals surface area contributed by atoms with Crippen LogP contribution in [0.15, 0.2) is 16.5 Å². The summed E-state index contributed by atoms with van der Waals surface area (Å²) >= 11 is 5.60. The molecule has 0 aliphatic carbocycles. The Bertz CT molecular complexity index is 393. The smallest absolute Gasteiger partial charge is 0.289 e. The summed E-state index contributed by atoms with van der Waals surface area (Å²) in [6.07, 6.45) is -0.542. The Kier molecular flexibility index (Phi) is 3.18. The van der Waals surface area contributed by atoms with Crippen LogP contribution in [0.2, 0.25) is 5.22 Å². The summed E-state index contributed by atoms with van der Waals surface area (Å²) in [5.41, 5.74) is 0. The number of aliphatic hydroxyl groups is 1. The van der Waals surface area contributed by atoms with E-state index >= 15 is 0 Å². The SMILES string of the molecule is CN(C(=O)c1ccc(Cl)o1)[C@H]1CNC[C@@H]1O. The van der Waals surface area contributed by atoms with Gasteiger partial charge in [-0.25, -0.2) is 0 Å². The van der Waals surface area contributed by atoms with E-state index in [9.17, 15) is 9.90 Å². The van der Waals surface area contributed by atoms with Crippen LogP contribution in [-0.4, -0.2) is 48.2 Å². The van der Waals surface area contributed by atoms with Crippen molar-refractivity contribution in [1.29, 1.82) is 0 Å². The molecule has 2 rings (SSSR count). The highest BCUT2D eigenvalue weighted by molar-refractivity contribution is 6.29. The first kappa shape index (κ1) is 11.4. The zero-order valence-electron chi connectivity index (χ0n) is 8.81. The Morgan fingerprint density at radius 1 is 1.62 bits per heavy atom. The second-order valence-electron chi connectivity index (χ2n) is 3.81. The van der Waals surface area contributed by atoms with Crippen molar-refractivity contribution in [3.63, 3.8) is 0 Å². The van der Waals surface area contributed by atoms with Gasteiger partial charge < -0.3 is 19.7 Å². The largest absolute Gasteiger partial charge is 0.440 e. The molecule has 1 aliphatic heterocycles. The van der Waals surface area contributed by atoms with Gasteiger partial charge in [-0.05, 0) is 23.7 Å². The molecule has 2 atom stereocenters. The summed E-state index contributed by atoms with van der Waals surface area (Å²) in [6.45, 7) is 1.08. The minimum absolute atomic E-state index is 0.182. The van der Waals surface area contributed by atoms with Crippen LogP contribution in [0, 0.1) is 0 Å². The number of hydrogen-bond donors (Lipinski definition) is 2. The molecule has 0 spiro atoms. The summed E-state index contributed by atoms with van der Waals surface area (Å²) in [5, 5.41) is 12.8. The molecule has 88 valence electrons. The quantitative estimate of drug-likeness (QED) is 0.787. The molecule has 1 aliphatic rings. The molecule has 2 heterocycles. The maximum atomic E-state index is 11.9. The predicted molar refractivity (Wildman–Crippen MR) is 58.5 cm³/mol. The van der Waals surface area contributed by atoms with Crippen molar-refractivity contribution in [2.45, 2.75) is 12.1 Å². The molecule has 0 radical (unpaired) electrons. The molecular weight excluding hydrogens is 232 g/mol. The Balaban J connectivity index is 2.10. The minimum Gasteiger partial charge on any atom is -0.440 e. The van der Waals surface area contributed by atoms with Gasteiger partial charge in [-0.2, -0.15) is 0 Å². The monoisotopic (exact) mass is 244 g/mol. The number of likely N-dealkylation sites (N-methyl/N-ethyl adjacent to an activating group) is 1. The molecule has 1 saturated heterocycles. The highest BCUT2D eigenvalue weighted by Gasteiger charge is 2.32. The Labute approximate surface area is 98.0 Å². The highest BCUT2D eigenvalue weighted by Crippen LogP contribution is 2.17. The van der Waals surface area contributed by atoms with Crippen molar-refractivity contribution in [3.05, 3.63) is 23.1 Å². The molecule has 1 fully saturated rings. The van der Waals surface area contributed by atoms with Crippen molar-refractivity contribution >= 4 is 17.5 Å². The Hall–Kier alpha value is -1.04. The van der Waals surface area contributed by atoms with E-state index in [1.165, 1.54) is 17.0 Å². The molecule has 0 aromatic carbocycles. The lowest BCUT2D eigenvalue weighted by atomic mass is 10.2. The summed E-state index contributed by atoms with van der Waals surface area (Å²) in [7, 11) is 1.64. The van der Waals surface area contributed by atoms with Crippen LogP contribution in [-0.2, 0) is 0 Å². The number of aliphatic hydroxyl groups excluding tert-OH is 1. The fraction of sp³-hybridized carbons (Fsp3) is 0.500. The number of hydrogen-bond acceptors (Lipinski definition) is 4. The lowest BCUT2D eigenvalue weighted by Crippen LogP contribution is -2.44. The average Bonchev–Trinajstić information content (AvgIpc) is 2.85. The molecule has 16 heavy (non-hydrogen) atoms. The molecule has 1 aromatic heterocycles. The van der Waals surface area contributed by atoms with Gasteiger partial charge in [0, 0.05) is 20.1 Å². The van der Waals surface area contributed by atoms with Crippen LogP contribution in [0.4, 0.5) is 0 Å². The number of halogens is 1. The molecule has 1 amide bonds. The predicted octanol–water partition coefficient (Wildman–Crippen LogP) is 0.338. The van der Waals surface area contributed by atoms with Crippen molar-refractivity contribution in [1.82, 2.24) is 10.2 Å². The number of carbonyl (C=O) groups excluding carboxylic acids is 1.